The molecule has 4 rings (SSSR count). The highest BCUT2D eigenvalue weighted by molar-refractivity contribution is 5.84. The van der Waals surface area contributed by atoms with Gasteiger partial charge in [0.2, 0.25) is 0 Å². The zero-order valence-electron chi connectivity index (χ0n) is 25.2. The SMILES string of the molecule is O=C(Oc1ccc(-c2ccc(OC(=O)[C@](F)(N3C(F)(F)C(F)(F)C(F)(F)C3(F)F)C(F)(F)F)cc2)cc1)[C@](F)(N1C(F)(F)C(F)(F)C(F)(F)C1(F)F)C(F)(F)F. The van der Waals surface area contributed by atoms with Crippen LogP contribution in [0, 0.1) is 0 Å². The maximum Gasteiger partial charge on any atom is 0.448 e. The Bertz CT molecular complexity index is 1690. The first kappa shape index (κ1) is 44.3. The van der Waals surface area contributed by atoms with E-state index >= 15 is 8.78 Å². The van der Waals surface area contributed by atoms with Gasteiger partial charge in [0.05, 0.1) is 0 Å². The van der Waals surface area contributed by atoms with E-state index in [9.17, 15) is 106 Å². The Labute approximate surface area is 290 Å². The maximum absolute atomic E-state index is 15.0. The van der Waals surface area contributed by atoms with E-state index in [-0.39, 0.29) is 24.3 Å². The molecule has 0 bridgehead atoms. The topological polar surface area (TPSA) is 59.1 Å². The molecule has 2 saturated heterocycles. The number of hydrogen-bond acceptors (Lipinski definition) is 6. The van der Waals surface area contributed by atoms with Crippen molar-refractivity contribution >= 4 is 11.9 Å². The van der Waals surface area contributed by atoms with Gasteiger partial charge in [0, 0.05) is 0 Å². The van der Waals surface area contributed by atoms with E-state index in [1.165, 1.54) is 0 Å². The van der Waals surface area contributed by atoms with Crippen LogP contribution in [0.4, 0.5) is 105 Å². The molecule has 314 valence electrons. The number of esters is 2. The van der Waals surface area contributed by atoms with Crippen LogP contribution < -0.4 is 9.47 Å². The second kappa shape index (κ2) is 12.1. The largest absolute Gasteiger partial charge is 0.448 e. The van der Waals surface area contributed by atoms with Crippen molar-refractivity contribution < 1.29 is 124 Å². The molecule has 2 aromatic carbocycles. The van der Waals surface area contributed by atoms with Crippen molar-refractivity contribution in [2.45, 2.75) is 71.8 Å². The highest BCUT2D eigenvalue weighted by Crippen LogP contribution is 2.68. The molecule has 2 heterocycles. The molecular weight excluding hydrogens is 860 g/mol. The Balaban J connectivity index is 1.61. The van der Waals surface area contributed by atoms with E-state index in [1.807, 2.05) is 0 Å². The van der Waals surface area contributed by atoms with E-state index in [4.69, 9.17) is 0 Å². The monoisotopic (exact) mass is 868 g/mol. The van der Waals surface area contributed by atoms with Crippen LogP contribution in [0.5, 0.6) is 11.5 Å². The summed E-state index contributed by atoms with van der Waals surface area (Å²) in [6.07, 6.45) is -14.9. The lowest BCUT2D eigenvalue weighted by molar-refractivity contribution is -0.382. The molecule has 2 aromatic rings. The van der Waals surface area contributed by atoms with Gasteiger partial charge in [-0.2, -0.15) is 96.6 Å². The molecule has 0 N–H and O–H groups in total. The number of nitrogens with zero attached hydrogens (tertiary/aromatic N) is 2. The number of alkyl halides is 24. The summed E-state index contributed by atoms with van der Waals surface area (Å²) in [5.41, 5.74) is -0.810. The number of hydrogen-bond donors (Lipinski definition) is 0. The molecule has 0 unspecified atom stereocenters. The van der Waals surface area contributed by atoms with Gasteiger partial charge in [-0.3, -0.25) is 0 Å². The van der Waals surface area contributed by atoms with Crippen LogP contribution in [0.1, 0.15) is 0 Å². The molecule has 0 saturated carbocycles. The zero-order valence-corrected chi connectivity index (χ0v) is 25.2. The molecule has 0 amide bonds. The van der Waals surface area contributed by atoms with Gasteiger partial charge in [-0.25, -0.2) is 18.4 Å². The average molecular weight is 868 g/mol. The molecule has 2 aliphatic heterocycles. The van der Waals surface area contributed by atoms with Crippen LogP contribution in [-0.4, -0.2) is 93.6 Å². The van der Waals surface area contributed by atoms with Crippen LogP contribution >= 0.6 is 0 Å². The Hall–Kier alpha value is -4.38. The number of likely N-dealkylation sites (tertiary alicyclic amines) is 2. The fourth-order valence-electron chi connectivity index (χ4n) is 4.89. The van der Waals surface area contributed by atoms with Gasteiger partial charge >= 0.3 is 83.8 Å². The average Bonchev–Trinajstić information content (AvgIpc) is 3.15. The van der Waals surface area contributed by atoms with Gasteiger partial charge in [0.25, 0.3) is 0 Å². The summed E-state index contributed by atoms with van der Waals surface area (Å²) >= 11 is 0. The molecule has 0 radical (unpaired) electrons. The summed E-state index contributed by atoms with van der Waals surface area (Å²) in [5, 5.41) is 0. The fourth-order valence-corrected chi connectivity index (χ4v) is 4.89. The van der Waals surface area contributed by atoms with Gasteiger partial charge in [0.1, 0.15) is 11.5 Å². The first-order valence-electron chi connectivity index (χ1n) is 13.5. The summed E-state index contributed by atoms with van der Waals surface area (Å²) in [6.45, 7) is 0. The smallest absolute Gasteiger partial charge is 0.423 e. The molecule has 30 heteroatoms. The van der Waals surface area contributed by atoms with Gasteiger partial charge in [0.15, 0.2) is 0 Å². The highest BCUT2D eigenvalue weighted by Gasteiger charge is 3.00. The number of carbonyl (C=O) groups excluding carboxylic acids is 2. The fraction of sp³-hybridized carbons (Fsp3) is 0.462. The second-order valence-electron chi connectivity index (χ2n) is 11.2. The van der Waals surface area contributed by atoms with Crippen molar-refractivity contribution in [1.82, 2.24) is 9.80 Å². The molecule has 56 heavy (non-hydrogen) atoms. The third kappa shape index (κ3) is 5.38. The van der Waals surface area contributed by atoms with Crippen molar-refractivity contribution in [3.8, 4) is 22.6 Å². The molecule has 2 fully saturated rings. The lowest BCUT2D eigenvalue weighted by atomic mass is 10.1. The van der Waals surface area contributed by atoms with Crippen LogP contribution in [0.15, 0.2) is 48.5 Å². The minimum absolute atomic E-state index is 0.226. The van der Waals surface area contributed by atoms with Gasteiger partial charge in [-0.1, -0.05) is 24.3 Å². The van der Waals surface area contributed by atoms with Gasteiger partial charge in [-0.05, 0) is 35.4 Å². The van der Waals surface area contributed by atoms with Crippen molar-refractivity contribution in [3.05, 3.63) is 48.5 Å². The lowest BCUT2D eigenvalue weighted by Gasteiger charge is -2.38. The summed E-state index contributed by atoms with van der Waals surface area (Å²) in [7, 11) is 0. The summed E-state index contributed by atoms with van der Waals surface area (Å²) in [6, 6.07) is -26.8. The quantitative estimate of drug-likeness (QED) is 0.120. The van der Waals surface area contributed by atoms with E-state index in [0.29, 0.717) is 24.3 Å². The van der Waals surface area contributed by atoms with Crippen molar-refractivity contribution in [2.75, 3.05) is 0 Å². The number of ether oxygens (including phenoxy) is 2. The molecule has 6 nitrogen and oxygen atoms in total. The Kier molecular flexibility index (Phi) is 9.56. The number of rotatable bonds is 7. The Morgan fingerprint density at radius 2 is 0.589 bits per heavy atom. The minimum atomic E-state index is -7.45. The lowest BCUT2D eigenvalue weighted by Crippen LogP contribution is -2.70. The zero-order chi connectivity index (χ0) is 43.7. The first-order chi connectivity index (χ1) is 24.7. The van der Waals surface area contributed by atoms with Crippen LogP contribution in [0.25, 0.3) is 11.1 Å². The van der Waals surface area contributed by atoms with E-state index in [1.54, 1.807) is 0 Å². The maximum atomic E-state index is 15.0. The molecular formula is C26H8F24N2O4. The molecule has 0 aliphatic carbocycles. The highest BCUT2D eigenvalue weighted by atomic mass is 19.4. The predicted octanol–water partition coefficient (Wildman–Crippen LogP) is 9.16. The van der Waals surface area contributed by atoms with Crippen LogP contribution in [0.3, 0.4) is 0 Å². The van der Waals surface area contributed by atoms with Gasteiger partial charge < -0.3 is 9.47 Å². The number of carbonyl (C=O) groups is 2. The van der Waals surface area contributed by atoms with E-state index in [0.717, 1.165) is 0 Å². The number of halogens is 24. The van der Waals surface area contributed by atoms with Gasteiger partial charge in [-0.15, -0.1) is 9.80 Å². The third-order valence-corrected chi connectivity index (χ3v) is 7.79. The minimum Gasteiger partial charge on any atom is -0.423 e. The summed E-state index contributed by atoms with van der Waals surface area (Å²) < 4.78 is 339. The Morgan fingerprint density at radius 3 is 0.768 bits per heavy atom. The van der Waals surface area contributed by atoms with Crippen molar-refractivity contribution in [1.29, 1.82) is 0 Å². The van der Waals surface area contributed by atoms with Crippen molar-refractivity contribution in [2.24, 2.45) is 0 Å². The standard InChI is InChI=1S/C26H8F24N2O4/c27-15(21(37,38)39,51-23(43,44)17(29,30)18(31,32)24(51,45)46)13(53)55-11-5-1-9(2-6-11)10-3-7-12(8-4-10)56-14(54)16(28,22(40,41)42)52-25(47,48)19(33,34)20(35,36)26(52,49)50/h1-8H/t15-,16-/m0/s1. The van der Waals surface area contributed by atoms with Crippen LogP contribution in [0.2, 0.25) is 0 Å². The van der Waals surface area contributed by atoms with Crippen LogP contribution in [-0.2, 0) is 9.59 Å². The molecule has 0 aromatic heterocycles. The molecule has 2 aliphatic rings. The van der Waals surface area contributed by atoms with E-state index < -0.39 is 116 Å². The van der Waals surface area contributed by atoms with Crippen molar-refractivity contribution in [3.63, 3.8) is 0 Å². The predicted molar refractivity (Wildman–Crippen MR) is 126 cm³/mol. The summed E-state index contributed by atoms with van der Waals surface area (Å²) in [5.74, 6) is -54.9. The molecule has 0 spiro atoms. The normalized spacial score (nSPS) is 25.5. The summed E-state index contributed by atoms with van der Waals surface area (Å²) in [4.78, 5) is 16.7. The Morgan fingerprint density at radius 1 is 0.393 bits per heavy atom. The first-order valence-corrected chi connectivity index (χ1v) is 13.5. The second-order valence-corrected chi connectivity index (χ2v) is 11.2. The third-order valence-electron chi connectivity index (χ3n) is 7.79. The molecule has 2 atom stereocenters. The van der Waals surface area contributed by atoms with E-state index in [2.05, 4.69) is 9.47 Å². The number of benzene rings is 2.